The Morgan fingerprint density at radius 3 is 2.00 bits per heavy atom. The Labute approximate surface area is 200 Å². The van der Waals surface area contributed by atoms with E-state index >= 15 is 0 Å². The molecule has 3 aromatic carbocycles. The summed E-state index contributed by atoms with van der Waals surface area (Å²) in [6, 6.07) is 18.1. The lowest BCUT2D eigenvalue weighted by Gasteiger charge is -2.43. The first-order valence-corrected chi connectivity index (χ1v) is 12.1. The Morgan fingerprint density at radius 1 is 0.941 bits per heavy atom. The molecule has 0 spiro atoms. The van der Waals surface area contributed by atoms with Crippen molar-refractivity contribution < 1.29 is 13.5 Å². The smallest absolute Gasteiger partial charge is 0.183 e. The molecule has 1 N–H and O–H groups in total. The van der Waals surface area contributed by atoms with Crippen molar-refractivity contribution in [3.8, 4) is 0 Å². The van der Waals surface area contributed by atoms with Crippen LogP contribution < -0.4 is 10.2 Å². The minimum atomic E-state index is -0.220. The van der Waals surface area contributed by atoms with Crippen LogP contribution in [0.25, 0.3) is 0 Å². The molecular formula is C29H30F2N2O. The zero-order valence-electron chi connectivity index (χ0n) is 19.5. The molecule has 0 aromatic heterocycles. The number of nitrogens with one attached hydrogen (secondary N) is 1. The van der Waals surface area contributed by atoms with E-state index < -0.39 is 0 Å². The Bertz CT molecular complexity index is 1130. The van der Waals surface area contributed by atoms with Crippen LogP contribution in [0.2, 0.25) is 0 Å². The lowest BCUT2D eigenvalue weighted by atomic mass is 9.76. The fourth-order valence-corrected chi connectivity index (χ4v) is 5.43. The second-order valence-electron chi connectivity index (χ2n) is 9.18. The molecule has 34 heavy (non-hydrogen) atoms. The summed E-state index contributed by atoms with van der Waals surface area (Å²) in [5.74, 6) is 0.225. The molecule has 5 rings (SSSR count). The molecule has 5 heteroatoms. The van der Waals surface area contributed by atoms with Crippen LogP contribution in [-0.4, -0.2) is 19.7 Å². The van der Waals surface area contributed by atoms with Gasteiger partial charge in [-0.2, -0.15) is 0 Å². The Hall–Kier alpha value is -3.34. The van der Waals surface area contributed by atoms with Gasteiger partial charge in [0.25, 0.3) is 0 Å². The molecule has 0 saturated carbocycles. The van der Waals surface area contributed by atoms with E-state index in [0.717, 1.165) is 49.2 Å². The monoisotopic (exact) mass is 460 g/mol. The highest BCUT2D eigenvalue weighted by atomic mass is 19.1. The van der Waals surface area contributed by atoms with E-state index in [4.69, 9.17) is 4.74 Å². The largest absolute Gasteiger partial charge is 0.479 e. The second-order valence-corrected chi connectivity index (χ2v) is 9.18. The summed E-state index contributed by atoms with van der Waals surface area (Å²) < 4.78 is 34.0. The zero-order valence-corrected chi connectivity index (χ0v) is 19.5. The summed E-state index contributed by atoms with van der Waals surface area (Å²) in [4.78, 5) is 2.43. The molecular weight excluding hydrogens is 430 g/mol. The highest BCUT2D eigenvalue weighted by molar-refractivity contribution is 5.73. The van der Waals surface area contributed by atoms with E-state index in [1.165, 1.54) is 28.9 Å². The van der Waals surface area contributed by atoms with Crippen LogP contribution in [-0.2, 0) is 4.74 Å². The SMILES string of the molecule is C=C(Nc1cc2c3c(c1)C(c1cccc(F)c1)CCN3CCC2c1cccc(F)c1)OCCC. The summed E-state index contributed by atoms with van der Waals surface area (Å²) in [5, 5.41) is 3.32. The number of ether oxygens (including phenoxy) is 1. The molecule has 0 bridgehead atoms. The van der Waals surface area contributed by atoms with E-state index in [0.29, 0.717) is 12.5 Å². The first-order chi connectivity index (χ1) is 16.5. The summed E-state index contributed by atoms with van der Waals surface area (Å²) >= 11 is 0. The Kier molecular flexibility index (Phi) is 6.27. The lowest BCUT2D eigenvalue weighted by Crippen LogP contribution is -2.37. The molecule has 2 atom stereocenters. The highest BCUT2D eigenvalue weighted by Crippen LogP contribution is 2.49. The number of benzene rings is 3. The number of nitrogens with zero attached hydrogens (tertiary/aromatic N) is 1. The highest BCUT2D eigenvalue weighted by Gasteiger charge is 2.35. The van der Waals surface area contributed by atoms with Crippen LogP contribution in [0, 0.1) is 11.6 Å². The fourth-order valence-electron chi connectivity index (χ4n) is 5.43. The number of halogens is 2. The van der Waals surface area contributed by atoms with Gasteiger partial charge in [0.2, 0.25) is 0 Å². The van der Waals surface area contributed by atoms with Crippen molar-refractivity contribution in [3.05, 3.63) is 107 Å². The van der Waals surface area contributed by atoms with Gasteiger partial charge < -0.3 is 15.0 Å². The number of anilines is 2. The number of hydrogen-bond donors (Lipinski definition) is 1. The van der Waals surface area contributed by atoms with Gasteiger partial charge in [-0.25, -0.2) is 8.78 Å². The van der Waals surface area contributed by atoms with Gasteiger partial charge in [-0.1, -0.05) is 31.2 Å². The van der Waals surface area contributed by atoms with Crippen LogP contribution >= 0.6 is 0 Å². The molecule has 0 amide bonds. The van der Waals surface area contributed by atoms with Crippen molar-refractivity contribution in [1.82, 2.24) is 0 Å². The van der Waals surface area contributed by atoms with Gasteiger partial charge in [-0.05, 0) is 84.5 Å². The van der Waals surface area contributed by atoms with Gasteiger partial charge in [0, 0.05) is 36.3 Å². The topological polar surface area (TPSA) is 24.5 Å². The van der Waals surface area contributed by atoms with Crippen LogP contribution in [0.15, 0.2) is 73.1 Å². The van der Waals surface area contributed by atoms with Crippen molar-refractivity contribution in [2.45, 2.75) is 38.0 Å². The molecule has 2 aliphatic heterocycles. The van der Waals surface area contributed by atoms with Gasteiger partial charge in [-0.15, -0.1) is 0 Å². The maximum absolute atomic E-state index is 14.1. The average molecular weight is 461 g/mol. The Balaban J connectivity index is 1.63. The number of hydrogen-bond acceptors (Lipinski definition) is 3. The van der Waals surface area contributed by atoms with Crippen molar-refractivity contribution in [2.75, 3.05) is 29.9 Å². The van der Waals surface area contributed by atoms with Gasteiger partial charge in [0.05, 0.1) is 6.61 Å². The lowest BCUT2D eigenvalue weighted by molar-refractivity contribution is 0.219. The molecule has 0 fully saturated rings. The maximum atomic E-state index is 14.1. The van der Waals surface area contributed by atoms with Gasteiger partial charge in [0.1, 0.15) is 11.6 Å². The maximum Gasteiger partial charge on any atom is 0.183 e. The number of rotatable bonds is 7. The molecule has 0 saturated heterocycles. The van der Waals surface area contributed by atoms with E-state index in [-0.39, 0.29) is 23.5 Å². The van der Waals surface area contributed by atoms with E-state index in [2.05, 4.69) is 35.9 Å². The summed E-state index contributed by atoms with van der Waals surface area (Å²) in [6.07, 6.45) is 2.73. The molecule has 0 aliphatic carbocycles. The zero-order chi connectivity index (χ0) is 23.7. The minimum absolute atomic E-state index is 0.0820. The van der Waals surface area contributed by atoms with Gasteiger partial charge >= 0.3 is 0 Å². The standard InChI is InChI=1S/C29H30F2N2O/c1-3-14-34-19(2)32-24-17-27-25(20-6-4-8-22(30)15-20)10-12-33-13-11-26(28(18-24)29(27)33)21-7-5-9-23(31)16-21/h4-9,15-18,25-26,32H,2-3,10-14H2,1H3. The first-order valence-electron chi connectivity index (χ1n) is 12.1. The summed E-state index contributed by atoms with van der Waals surface area (Å²) in [6.45, 7) is 8.49. The van der Waals surface area contributed by atoms with Crippen LogP contribution in [0.5, 0.6) is 0 Å². The second kappa shape index (κ2) is 9.49. The van der Waals surface area contributed by atoms with Crippen molar-refractivity contribution in [1.29, 1.82) is 0 Å². The average Bonchev–Trinajstić information content (AvgIpc) is 2.83. The van der Waals surface area contributed by atoms with E-state index in [1.54, 1.807) is 24.3 Å². The third-order valence-corrected chi connectivity index (χ3v) is 6.88. The third kappa shape index (κ3) is 4.39. The molecule has 2 aliphatic rings. The van der Waals surface area contributed by atoms with E-state index in [1.807, 2.05) is 12.1 Å². The third-order valence-electron chi connectivity index (χ3n) is 6.88. The quantitative estimate of drug-likeness (QED) is 0.379. The predicted octanol–water partition coefficient (Wildman–Crippen LogP) is 7.15. The molecule has 2 unspecified atom stereocenters. The molecule has 176 valence electrons. The van der Waals surface area contributed by atoms with Crippen molar-refractivity contribution in [3.63, 3.8) is 0 Å². The van der Waals surface area contributed by atoms with Crippen molar-refractivity contribution >= 4 is 11.4 Å². The molecule has 3 aromatic rings. The fraction of sp³-hybridized carbons (Fsp3) is 0.310. The van der Waals surface area contributed by atoms with Crippen LogP contribution in [0.4, 0.5) is 20.2 Å². The van der Waals surface area contributed by atoms with Crippen molar-refractivity contribution in [2.24, 2.45) is 0 Å². The molecule has 2 heterocycles. The normalized spacial score (nSPS) is 18.9. The first kappa shape index (κ1) is 22.5. The minimum Gasteiger partial charge on any atom is -0.479 e. The molecule has 0 radical (unpaired) electrons. The summed E-state index contributed by atoms with van der Waals surface area (Å²) in [5.41, 5.74) is 6.39. The van der Waals surface area contributed by atoms with Gasteiger partial charge in [0.15, 0.2) is 5.88 Å². The Morgan fingerprint density at radius 2 is 1.50 bits per heavy atom. The van der Waals surface area contributed by atoms with Crippen LogP contribution in [0.1, 0.15) is 60.3 Å². The molecule has 3 nitrogen and oxygen atoms in total. The van der Waals surface area contributed by atoms with Gasteiger partial charge in [-0.3, -0.25) is 0 Å². The summed E-state index contributed by atoms with van der Waals surface area (Å²) in [7, 11) is 0. The van der Waals surface area contributed by atoms with E-state index in [9.17, 15) is 8.78 Å². The predicted molar refractivity (Wildman–Crippen MR) is 133 cm³/mol. The van der Waals surface area contributed by atoms with Crippen LogP contribution in [0.3, 0.4) is 0 Å².